The molecule has 1 aromatic carbocycles. The highest BCUT2D eigenvalue weighted by molar-refractivity contribution is 5.96. The summed E-state index contributed by atoms with van der Waals surface area (Å²) in [6, 6.07) is 5.10. The fourth-order valence-electron chi connectivity index (χ4n) is 3.42. The lowest BCUT2D eigenvalue weighted by atomic mass is 9.92. The molecule has 0 radical (unpaired) electrons. The van der Waals surface area contributed by atoms with E-state index in [0.29, 0.717) is 30.0 Å². The lowest BCUT2D eigenvalue weighted by molar-refractivity contribution is -0.121. The number of benzene rings is 1. The van der Waals surface area contributed by atoms with Crippen LogP contribution in [0, 0.1) is 0 Å². The highest BCUT2D eigenvalue weighted by Crippen LogP contribution is 2.37. The second-order valence-corrected chi connectivity index (χ2v) is 5.93. The maximum Gasteiger partial charge on any atom is 0.254 e. The van der Waals surface area contributed by atoms with Crippen LogP contribution in [0.4, 0.5) is 0 Å². The van der Waals surface area contributed by atoms with Gasteiger partial charge in [-0.2, -0.15) is 0 Å². The minimum Gasteiger partial charge on any atom is -0.454 e. The number of methoxy groups -OCH3 is 1. The minimum atomic E-state index is -0.673. The third-order valence-corrected chi connectivity index (χ3v) is 4.38. The number of amides is 2. The molecule has 0 aliphatic carbocycles. The molecule has 3 rings (SSSR count). The molecule has 1 saturated heterocycles. The SMILES string of the molecule is COCC1(CC(N)=O)CCCN1C(=O)c1ccc2c(c1)OCO2. The Morgan fingerprint density at radius 1 is 1.35 bits per heavy atom. The van der Waals surface area contributed by atoms with Crippen LogP contribution < -0.4 is 15.2 Å². The summed E-state index contributed by atoms with van der Waals surface area (Å²) < 4.78 is 15.9. The van der Waals surface area contributed by atoms with Crippen molar-refractivity contribution in [2.24, 2.45) is 5.73 Å². The summed E-state index contributed by atoms with van der Waals surface area (Å²) in [5.74, 6) is 0.595. The van der Waals surface area contributed by atoms with E-state index < -0.39 is 11.4 Å². The Balaban J connectivity index is 1.88. The summed E-state index contributed by atoms with van der Waals surface area (Å²) in [6.45, 7) is 1.02. The molecule has 7 heteroatoms. The van der Waals surface area contributed by atoms with Gasteiger partial charge in [0.05, 0.1) is 18.6 Å². The predicted molar refractivity (Wildman–Crippen MR) is 81.3 cm³/mol. The van der Waals surface area contributed by atoms with Crippen molar-refractivity contribution in [2.75, 3.05) is 27.1 Å². The number of hydrogen-bond donors (Lipinski definition) is 1. The van der Waals surface area contributed by atoms with Crippen LogP contribution in [0.3, 0.4) is 0 Å². The molecule has 2 heterocycles. The van der Waals surface area contributed by atoms with Crippen molar-refractivity contribution in [2.45, 2.75) is 24.8 Å². The first kappa shape index (κ1) is 15.6. The first-order chi connectivity index (χ1) is 11.1. The van der Waals surface area contributed by atoms with E-state index in [4.69, 9.17) is 19.9 Å². The number of hydrogen-bond acceptors (Lipinski definition) is 5. The normalized spacial score (nSPS) is 22.4. The van der Waals surface area contributed by atoms with E-state index in [1.807, 2.05) is 0 Å². The highest BCUT2D eigenvalue weighted by atomic mass is 16.7. The molecule has 1 atom stereocenters. The Morgan fingerprint density at radius 2 is 2.13 bits per heavy atom. The van der Waals surface area contributed by atoms with E-state index in [0.717, 1.165) is 6.42 Å². The third kappa shape index (κ3) is 2.84. The van der Waals surface area contributed by atoms with Crippen LogP contribution in [0.5, 0.6) is 11.5 Å². The van der Waals surface area contributed by atoms with Gasteiger partial charge in [0, 0.05) is 19.2 Å². The van der Waals surface area contributed by atoms with Crippen molar-refractivity contribution < 1.29 is 23.8 Å². The van der Waals surface area contributed by atoms with Crippen LogP contribution in [0.2, 0.25) is 0 Å². The fraction of sp³-hybridized carbons (Fsp3) is 0.500. The van der Waals surface area contributed by atoms with Crippen LogP contribution in [-0.2, 0) is 9.53 Å². The number of fused-ring (bicyclic) bond motifs is 1. The van der Waals surface area contributed by atoms with E-state index in [1.165, 1.54) is 0 Å². The van der Waals surface area contributed by atoms with Gasteiger partial charge in [0.25, 0.3) is 5.91 Å². The molecule has 124 valence electrons. The van der Waals surface area contributed by atoms with Crippen molar-refractivity contribution >= 4 is 11.8 Å². The van der Waals surface area contributed by atoms with Gasteiger partial charge in [0.1, 0.15) is 0 Å². The van der Waals surface area contributed by atoms with Crippen molar-refractivity contribution in [1.29, 1.82) is 0 Å². The van der Waals surface area contributed by atoms with Gasteiger partial charge >= 0.3 is 0 Å². The molecule has 2 aliphatic heterocycles. The summed E-state index contributed by atoms with van der Waals surface area (Å²) in [5, 5.41) is 0. The summed E-state index contributed by atoms with van der Waals surface area (Å²) >= 11 is 0. The lowest BCUT2D eigenvalue weighted by Gasteiger charge is -2.37. The van der Waals surface area contributed by atoms with E-state index >= 15 is 0 Å². The zero-order chi connectivity index (χ0) is 16.4. The van der Waals surface area contributed by atoms with E-state index in [-0.39, 0.29) is 25.7 Å². The van der Waals surface area contributed by atoms with Crippen LogP contribution in [0.1, 0.15) is 29.6 Å². The molecule has 0 saturated carbocycles. The summed E-state index contributed by atoms with van der Waals surface area (Å²) in [7, 11) is 1.56. The molecule has 2 aliphatic rings. The lowest BCUT2D eigenvalue weighted by Crippen LogP contribution is -2.52. The zero-order valence-corrected chi connectivity index (χ0v) is 13.0. The molecule has 0 bridgehead atoms. The van der Waals surface area contributed by atoms with E-state index in [9.17, 15) is 9.59 Å². The molecule has 1 fully saturated rings. The van der Waals surface area contributed by atoms with Gasteiger partial charge in [0.15, 0.2) is 11.5 Å². The number of nitrogens with two attached hydrogens (primary N) is 1. The van der Waals surface area contributed by atoms with E-state index in [2.05, 4.69) is 0 Å². The van der Waals surface area contributed by atoms with Crippen LogP contribution in [-0.4, -0.2) is 49.3 Å². The molecule has 2 amide bonds. The predicted octanol–water partition coefficient (Wildman–Crippen LogP) is 0.912. The van der Waals surface area contributed by atoms with Gasteiger partial charge in [-0.05, 0) is 31.0 Å². The van der Waals surface area contributed by atoms with Crippen LogP contribution in [0.25, 0.3) is 0 Å². The molecule has 7 nitrogen and oxygen atoms in total. The van der Waals surface area contributed by atoms with Gasteiger partial charge in [0.2, 0.25) is 12.7 Å². The molecule has 0 aromatic heterocycles. The van der Waals surface area contributed by atoms with Crippen molar-refractivity contribution in [3.63, 3.8) is 0 Å². The summed E-state index contributed by atoms with van der Waals surface area (Å²) in [6.07, 6.45) is 1.60. The van der Waals surface area contributed by atoms with Crippen molar-refractivity contribution in [3.8, 4) is 11.5 Å². The van der Waals surface area contributed by atoms with Gasteiger partial charge in [-0.1, -0.05) is 0 Å². The van der Waals surface area contributed by atoms with Gasteiger partial charge < -0.3 is 24.8 Å². The second-order valence-electron chi connectivity index (χ2n) is 5.93. The third-order valence-electron chi connectivity index (χ3n) is 4.38. The number of nitrogens with zero attached hydrogens (tertiary/aromatic N) is 1. The standard InChI is InChI=1S/C16H20N2O5/c1-21-9-16(8-14(17)19)5-2-6-18(16)15(20)11-3-4-12-13(7-11)23-10-22-12/h3-4,7H,2,5-6,8-10H2,1H3,(H2,17,19). The topological polar surface area (TPSA) is 91.1 Å². The zero-order valence-electron chi connectivity index (χ0n) is 13.0. The number of ether oxygens (including phenoxy) is 3. The molecule has 2 N–H and O–H groups in total. The molecule has 0 spiro atoms. The van der Waals surface area contributed by atoms with E-state index in [1.54, 1.807) is 30.2 Å². The Morgan fingerprint density at radius 3 is 2.87 bits per heavy atom. The molecule has 23 heavy (non-hydrogen) atoms. The van der Waals surface area contributed by atoms with Crippen molar-refractivity contribution in [1.82, 2.24) is 4.90 Å². The highest BCUT2D eigenvalue weighted by Gasteiger charge is 2.45. The minimum absolute atomic E-state index is 0.0944. The smallest absolute Gasteiger partial charge is 0.254 e. The summed E-state index contributed by atoms with van der Waals surface area (Å²) in [5.41, 5.74) is 5.22. The Kier molecular flexibility index (Phi) is 4.12. The number of likely N-dealkylation sites (tertiary alicyclic amines) is 1. The average Bonchev–Trinajstić information content (AvgIpc) is 3.12. The maximum atomic E-state index is 12.9. The summed E-state index contributed by atoms with van der Waals surface area (Å²) in [4.78, 5) is 26.1. The fourth-order valence-corrected chi connectivity index (χ4v) is 3.42. The van der Waals surface area contributed by atoms with Gasteiger partial charge in [-0.15, -0.1) is 0 Å². The van der Waals surface area contributed by atoms with Crippen molar-refractivity contribution in [3.05, 3.63) is 23.8 Å². The van der Waals surface area contributed by atoms with Crippen LogP contribution >= 0.6 is 0 Å². The number of primary amides is 1. The largest absolute Gasteiger partial charge is 0.454 e. The molecule has 1 aromatic rings. The maximum absolute atomic E-state index is 12.9. The average molecular weight is 320 g/mol. The van der Waals surface area contributed by atoms with Gasteiger partial charge in [-0.25, -0.2) is 0 Å². The second kappa shape index (κ2) is 6.08. The number of carbonyl (C=O) groups is 2. The number of rotatable bonds is 5. The Hall–Kier alpha value is -2.28. The van der Waals surface area contributed by atoms with Crippen LogP contribution in [0.15, 0.2) is 18.2 Å². The molecular formula is C16H20N2O5. The molecular weight excluding hydrogens is 300 g/mol. The Bertz CT molecular complexity index is 633. The first-order valence-corrected chi connectivity index (χ1v) is 7.55. The quantitative estimate of drug-likeness (QED) is 0.871. The molecule has 1 unspecified atom stereocenters. The Labute approximate surface area is 134 Å². The van der Waals surface area contributed by atoms with Gasteiger partial charge in [-0.3, -0.25) is 9.59 Å². The first-order valence-electron chi connectivity index (χ1n) is 7.55. The monoisotopic (exact) mass is 320 g/mol. The number of carbonyl (C=O) groups excluding carboxylic acids is 2.